The van der Waals surface area contributed by atoms with Gasteiger partial charge in [-0.2, -0.15) is 0 Å². The molecule has 0 spiro atoms. The lowest BCUT2D eigenvalue weighted by atomic mass is 10.2. The summed E-state index contributed by atoms with van der Waals surface area (Å²) in [6.45, 7) is 4.12. The van der Waals surface area contributed by atoms with Gasteiger partial charge in [-0.05, 0) is 37.7 Å². The molecule has 0 unspecified atom stereocenters. The molecule has 1 aliphatic heterocycles. The van der Waals surface area contributed by atoms with Crippen LogP contribution < -0.4 is 5.32 Å². The topological polar surface area (TPSA) is 56.8 Å². The summed E-state index contributed by atoms with van der Waals surface area (Å²) in [6.07, 6.45) is 3.21. The minimum Gasteiger partial charge on any atom is -0.461 e. The summed E-state index contributed by atoms with van der Waals surface area (Å²) in [5.74, 6) is -0.639. The van der Waals surface area contributed by atoms with E-state index in [4.69, 9.17) is 26.0 Å². The van der Waals surface area contributed by atoms with Crippen LogP contribution in [0.25, 0.3) is 6.08 Å². The van der Waals surface area contributed by atoms with Crippen LogP contribution in [0.1, 0.15) is 19.4 Å². The predicted octanol–water partition coefficient (Wildman–Crippen LogP) is 3.57. The molecule has 5 nitrogen and oxygen atoms in total. The summed E-state index contributed by atoms with van der Waals surface area (Å²) < 4.78 is 29.2. The third kappa shape index (κ3) is 4.17. The van der Waals surface area contributed by atoms with Crippen molar-refractivity contribution < 1.29 is 18.3 Å². The Kier molecular flexibility index (Phi) is 6.15. The highest BCUT2D eigenvalue weighted by Crippen LogP contribution is 2.54. The highest BCUT2D eigenvalue weighted by molar-refractivity contribution is 7.80. The van der Waals surface area contributed by atoms with Gasteiger partial charge < -0.3 is 19.1 Å². The molecule has 2 atom stereocenters. The van der Waals surface area contributed by atoms with E-state index >= 15 is 0 Å². The van der Waals surface area contributed by atoms with Crippen molar-refractivity contribution in [2.24, 2.45) is 0 Å². The third-order valence-corrected chi connectivity index (χ3v) is 5.61. The van der Waals surface area contributed by atoms with Crippen molar-refractivity contribution >= 4 is 31.1 Å². The largest absolute Gasteiger partial charge is 0.461 e. The Bertz CT molecular complexity index is 568. The summed E-state index contributed by atoms with van der Waals surface area (Å²) in [5, 5.41) is 3.10. The average molecular weight is 341 g/mol. The van der Waals surface area contributed by atoms with Crippen LogP contribution >= 0.6 is 19.8 Å². The maximum absolute atomic E-state index is 12.9. The molecule has 0 aromatic heterocycles. The van der Waals surface area contributed by atoms with Gasteiger partial charge in [-0.1, -0.05) is 36.4 Å². The number of thiocarbonyl (C=S) groups is 1. The second kappa shape index (κ2) is 7.88. The first kappa shape index (κ1) is 17.2. The third-order valence-electron chi connectivity index (χ3n) is 3.06. The molecule has 1 N–H and O–H groups in total. The Morgan fingerprint density at radius 1 is 1.27 bits per heavy atom. The van der Waals surface area contributed by atoms with Crippen molar-refractivity contribution in [3.8, 4) is 0 Å². The van der Waals surface area contributed by atoms with E-state index in [1.807, 2.05) is 42.5 Å². The number of nitrogens with one attached hydrogen (secondary N) is 1. The van der Waals surface area contributed by atoms with E-state index in [9.17, 15) is 4.57 Å². The predicted molar refractivity (Wildman–Crippen MR) is 90.7 cm³/mol. The molecule has 1 aromatic rings. The van der Waals surface area contributed by atoms with Gasteiger partial charge in [0.1, 0.15) is 0 Å². The number of rotatable bonds is 7. The average Bonchev–Trinajstić information content (AvgIpc) is 2.88. The van der Waals surface area contributed by atoms with Gasteiger partial charge in [-0.3, -0.25) is 4.57 Å². The van der Waals surface area contributed by atoms with E-state index in [0.717, 1.165) is 5.56 Å². The standard InChI is InChI=1S/C15H20NO4PS/c1-3-18-21(17,19-4-2)14-13(20-15(22)16-14)11-10-12-8-6-5-7-9-12/h5-11,13-14H,3-4H2,1-2H3,(H,16,22)/b11-10+/t13-,14+/m0/s1. The quantitative estimate of drug-likeness (QED) is 0.604. The zero-order chi connectivity index (χ0) is 16.0. The molecule has 0 aliphatic carbocycles. The highest BCUT2D eigenvalue weighted by Gasteiger charge is 2.46. The monoisotopic (exact) mass is 341 g/mol. The van der Waals surface area contributed by atoms with Crippen molar-refractivity contribution in [1.29, 1.82) is 0 Å². The van der Waals surface area contributed by atoms with Gasteiger partial charge in [0.05, 0.1) is 13.2 Å². The number of hydrogen-bond acceptors (Lipinski definition) is 5. The van der Waals surface area contributed by atoms with Gasteiger partial charge >= 0.3 is 7.60 Å². The summed E-state index contributed by atoms with van der Waals surface area (Å²) in [4.78, 5) is 0. The SMILES string of the molecule is CCOP(=O)(OCC)[C@H]1NC(=S)O[C@H]1/C=C/c1ccccc1. The van der Waals surface area contributed by atoms with Gasteiger partial charge in [0.25, 0.3) is 5.17 Å². The molecule has 22 heavy (non-hydrogen) atoms. The number of hydrogen-bond donors (Lipinski definition) is 1. The highest BCUT2D eigenvalue weighted by atomic mass is 32.1. The zero-order valence-corrected chi connectivity index (χ0v) is 14.3. The molecule has 0 saturated carbocycles. The molecular formula is C15H20NO4PS. The molecule has 0 radical (unpaired) electrons. The number of benzene rings is 1. The summed E-state index contributed by atoms with van der Waals surface area (Å²) in [7, 11) is -3.36. The second-order valence-corrected chi connectivity index (χ2v) is 7.13. The second-order valence-electron chi connectivity index (χ2n) is 4.60. The van der Waals surface area contributed by atoms with Crippen LogP contribution in [-0.2, 0) is 18.3 Å². The lowest BCUT2D eigenvalue weighted by Crippen LogP contribution is -2.32. The van der Waals surface area contributed by atoms with Crippen molar-refractivity contribution in [2.75, 3.05) is 13.2 Å². The maximum Gasteiger partial charge on any atom is 0.356 e. The van der Waals surface area contributed by atoms with Crippen molar-refractivity contribution in [1.82, 2.24) is 5.32 Å². The van der Waals surface area contributed by atoms with E-state index < -0.39 is 19.5 Å². The Morgan fingerprint density at radius 2 is 1.91 bits per heavy atom. The lowest BCUT2D eigenvalue weighted by Gasteiger charge is -2.24. The van der Waals surface area contributed by atoms with Crippen LogP contribution in [0.15, 0.2) is 36.4 Å². The van der Waals surface area contributed by atoms with E-state index in [2.05, 4.69) is 5.32 Å². The summed E-state index contributed by atoms with van der Waals surface area (Å²) in [6, 6.07) is 9.77. The lowest BCUT2D eigenvalue weighted by molar-refractivity contribution is 0.193. The maximum atomic E-state index is 12.9. The van der Waals surface area contributed by atoms with E-state index in [1.165, 1.54) is 0 Å². The van der Waals surface area contributed by atoms with Crippen LogP contribution in [0, 0.1) is 0 Å². The normalized spacial score (nSPS) is 21.8. The fourth-order valence-corrected chi connectivity index (χ4v) is 4.39. The fourth-order valence-electron chi connectivity index (χ4n) is 2.16. The summed E-state index contributed by atoms with van der Waals surface area (Å²) >= 11 is 5.04. The Hall–Kier alpha value is -1.20. The Morgan fingerprint density at radius 3 is 2.50 bits per heavy atom. The smallest absolute Gasteiger partial charge is 0.356 e. The van der Waals surface area contributed by atoms with Crippen LogP contribution in [0.2, 0.25) is 0 Å². The van der Waals surface area contributed by atoms with Crippen molar-refractivity contribution in [2.45, 2.75) is 25.7 Å². The molecule has 2 rings (SSSR count). The Labute approximate surface area is 136 Å². The first-order chi connectivity index (χ1) is 10.6. The van der Waals surface area contributed by atoms with Gasteiger partial charge in [0, 0.05) is 0 Å². The molecule has 7 heteroatoms. The zero-order valence-electron chi connectivity index (χ0n) is 12.6. The van der Waals surface area contributed by atoms with Crippen LogP contribution in [0.3, 0.4) is 0 Å². The van der Waals surface area contributed by atoms with E-state index in [1.54, 1.807) is 13.8 Å². The summed E-state index contributed by atoms with van der Waals surface area (Å²) in [5.41, 5.74) is 1.02. The molecule has 1 fully saturated rings. The molecule has 0 amide bonds. The van der Waals surface area contributed by atoms with E-state index in [0.29, 0.717) is 0 Å². The van der Waals surface area contributed by atoms with Crippen LogP contribution in [-0.4, -0.2) is 30.3 Å². The van der Waals surface area contributed by atoms with Gasteiger partial charge in [-0.25, -0.2) is 0 Å². The molecule has 1 saturated heterocycles. The Balaban J connectivity index is 2.19. The fraction of sp³-hybridized carbons (Fsp3) is 0.400. The molecular weight excluding hydrogens is 321 g/mol. The molecule has 1 heterocycles. The van der Waals surface area contributed by atoms with Crippen LogP contribution in [0.5, 0.6) is 0 Å². The van der Waals surface area contributed by atoms with E-state index in [-0.39, 0.29) is 18.4 Å². The molecule has 120 valence electrons. The minimum atomic E-state index is -3.36. The van der Waals surface area contributed by atoms with Gasteiger partial charge in [0.15, 0.2) is 11.9 Å². The van der Waals surface area contributed by atoms with Crippen molar-refractivity contribution in [3.63, 3.8) is 0 Å². The number of ether oxygens (including phenoxy) is 1. The molecule has 1 aromatic carbocycles. The van der Waals surface area contributed by atoms with Crippen molar-refractivity contribution in [3.05, 3.63) is 42.0 Å². The van der Waals surface area contributed by atoms with Gasteiger partial charge in [0.2, 0.25) is 0 Å². The van der Waals surface area contributed by atoms with Crippen LogP contribution in [0.4, 0.5) is 0 Å². The first-order valence-corrected chi connectivity index (χ1v) is 9.20. The van der Waals surface area contributed by atoms with Gasteiger partial charge in [-0.15, -0.1) is 0 Å². The molecule has 1 aliphatic rings. The minimum absolute atomic E-state index is 0.201. The molecule has 0 bridgehead atoms. The first-order valence-electron chi connectivity index (χ1n) is 7.18.